The average Bonchev–Trinajstić information content (AvgIpc) is 3.02. The van der Waals surface area contributed by atoms with Crippen LogP contribution in [0.1, 0.15) is 30.9 Å². The van der Waals surface area contributed by atoms with Crippen LogP contribution >= 0.6 is 0 Å². The smallest absolute Gasteiger partial charge is 0.119 e. The molecule has 92 valence electrons. The molecule has 2 aliphatic rings. The first-order valence-electron chi connectivity index (χ1n) is 6.40. The standard InChI is InChI=1S/C14H20N2O/c1-17-12-5-2-4-11(10-12)13(14(15)6-7-14)16-8-3-9-16/h2,4-5,10,13H,3,6-9,15H2,1H3. The highest BCUT2D eigenvalue weighted by Crippen LogP contribution is 2.48. The van der Waals surface area contributed by atoms with Gasteiger partial charge in [-0.2, -0.15) is 0 Å². The Hall–Kier alpha value is -1.06. The number of hydrogen-bond acceptors (Lipinski definition) is 3. The summed E-state index contributed by atoms with van der Waals surface area (Å²) in [7, 11) is 1.72. The number of ether oxygens (including phenoxy) is 1. The summed E-state index contributed by atoms with van der Waals surface area (Å²) in [5.41, 5.74) is 7.76. The van der Waals surface area contributed by atoms with E-state index in [4.69, 9.17) is 10.5 Å². The third kappa shape index (κ3) is 1.94. The van der Waals surface area contributed by atoms with Crippen LogP contribution in [0.15, 0.2) is 24.3 Å². The molecule has 1 aliphatic heterocycles. The quantitative estimate of drug-likeness (QED) is 0.862. The number of benzene rings is 1. The van der Waals surface area contributed by atoms with Gasteiger partial charge < -0.3 is 10.5 Å². The third-order valence-electron chi connectivity index (χ3n) is 4.04. The van der Waals surface area contributed by atoms with Crippen molar-refractivity contribution in [3.8, 4) is 5.75 Å². The first kappa shape index (κ1) is 11.1. The fourth-order valence-electron chi connectivity index (χ4n) is 2.73. The average molecular weight is 232 g/mol. The molecular weight excluding hydrogens is 212 g/mol. The summed E-state index contributed by atoms with van der Waals surface area (Å²) in [6, 6.07) is 8.75. The molecule has 3 nitrogen and oxygen atoms in total. The topological polar surface area (TPSA) is 38.5 Å². The fraction of sp³-hybridized carbons (Fsp3) is 0.571. The van der Waals surface area contributed by atoms with Gasteiger partial charge in [0.25, 0.3) is 0 Å². The van der Waals surface area contributed by atoms with Crippen molar-refractivity contribution in [2.45, 2.75) is 30.8 Å². The number of nitrogens with zero attached hydrogens (tertiary/aromatic N) is 1. The van der Waals surface area contributed by atoms with Gasteiger partial charge in [-0.25, -0.2) is 0 Å². The van der Waals surface area contributed by atoms with E-state index in [1.165, 1.54) is 25.1 Å². The summed E-state index contributed by atoms with van der Waals surface area (Å²) in [5.74, 6) is 0.928. The molecular formula is C14H20N2O. The van der Waals surface area contributed by atoms with Gasteiger partial charge in [0.2, 0.25) is 0 Å². The monoisotopic (exact) mass is 232 g/mol. The van der Waals surface area contributed by atoms with Gasteiger partial charge in [-0.15, -0.1) is 0 Å². The molecule has 3 heteroatoms. The summed E-state index contributed by atoms with van der Waals surface area (Å²) in [6.07, 6.45) is 3.59. The lowest BCUT2D eigenvalue weighted by atomic mass is 9.93. The number of methoxy groups -OCH3 is 1. The maximum absolute atomic E-state index is 6.44. The Morgan fingerprint density at radius 2 is 2.12 bits per heavy atom. The van der Waals surface area contributed by atoms with E-state index in [-0.39, 0.29) is 5.54 Å². The van der Waals surface area contributed by atoms with Crippen molar-refractivity contribution >= 4 is 0 Å². The van der Waals surface area contributed by atoms with Gasteiger partial charge in [0.05, 0.1) is 13.2 Å². The summed E-state index contributed by atoms with van der Waals surface area (Å²) < 4.78 is 5.31. The molecule has 0 aromatic heterocycles. The van der Waals surface area contributed by atoms with Crippen molar-refractivity contribution < 1.29 is 4.74 Å². The molecule has 1 aromatic rings. The zero-order valence-electron chi connectivity index (χ0n) is 10.4. The molecule has 2 N–H and O–H groups in total. The molecule has 1 saturated carbocycles. The molecule has 3 rings (SSSR count). The van der Waals surface area contributed by atoms with Gasteiger partial charge >= 0.3 is 0 Å². The summed E-state index contributed by atoms with van der Waals surface area (Å²) in [5, 5.41) is 0. The molecule has 0 spiro atoms. The largest absolute Gasteiger partial charge is 0.497 e. The van der Waals surface area contributed by atoms with E-state index in [9.17, 15) is 0 Å². The van der Waals surface area contributed by atoms with Gasteiger partial charge in [-0.05, 0) is 37.0 Å². The second-order valence-electron chi connectivity index (χ2n) is 5.30. The van der Waals surface area contributed by atoms with Gasteiger partial charge in [0.15, 0.2) is 0 Å². The predicted molar refractivity (Wildman–Crippen MR) is 68.1 cm³/mol. The molecule has 17 heavy (non-hydrogen) atoms. The molecule has 0 radical (unpaired) electrons. The Morgan fingerprint density at radius 1 is 1.35 bits per heavy atom. The number of likely N-dealkylation sites (tertiary alicyclic amines) is 1. The summed E-state index contributed by atoms with van der Waals surface area (Å²) in [4.78, 5) is 2.50. The lowest BCUT2D eigenvalue weighted by molar-refractivity contribution is 0.0930. The molecule has 1 unspecified atom stereocenters. The third-order valence-corrected chi connectivity index (χ3v) is 4.04. The second kappa shape index (κ2) is 4.00. The van der Waals surface area contributed by atoms with Crippen LogP contribution in [0.4, 0.5) is 0 Å². The predicted octanol–water partition coefficient (Wildman–Crippen LogP) is 1.93. The van der Waals surface area contributed by atoms with E-state index < -0.39 is 0 Å². The lowest BCUT2D eigenvalue weighted by Gasteiger charge is -2.42. The SMILES string of the molecule is COc1cccc(C(N2CCC2)C2(N)CC2)c1. The van der Waals surface area contributed by atoms with E-state index in [0.717, 1.165) is 18.6 Å². The minimum atomic E-state index is 0.00673. The van der Waals surface area contributed by atoms with Crippen molar-refractivity contribution in [1.29, 1.82) is 0 Å². The van der Waals surface area contributed by atoms with Crippen LogP contribution in [0.2, 0.25) is 0 Å². The summed E-state index contributed by atoms with van der Waals surface area (Å²) >= 11 is 0. The van der Waals surface area contributed by atoms with Gasteiger partial charge in [-0.3, -0.25) is 4.90 Å². The maximum atomic E-state index is 6.44. The molecule has 0 amide bonds. The molecule has 1 saturated heterocycles. The molecule has 1 heterocycles. The van der Waals surface area contributed by atoms with Crippen molar-refractivity contribution in [2.75, 3.05) is 20.2 Å². The Morgan fingerprint density at radius 3 is 2.65 bits per heavy atom. The zero-order valence-corrected chi connectivity index (χ0v) is 10.4. The van der Waals surface area contributed by atoms with Crippen molar-refractivity contribution in [2.24, 2.45) is 5.73 Å². The van der Waals surface area contributed by atoms with E-state index in [0.29, 0.717) is 6.04 Å². The normalized spacial score (nSPS) is 23.9. The van der Waals surface area contributed by atoms with Crippen molar-refractivity contribution in [3.63, 3.8) is 0 Å². The van der Waals surface area contributed by atoms with Crippen LogP contribution in [-0.4, -0.2) is 30.6 Å². The number of nitrogens with two attached hydrogens (primary N) is 1. The Balaban J connectivity index is 1.91. The Kier molecular flexibility index (Phi) is 2.60. The lowest BCUT2D eigenvalue weighted by Crippen LogP contribution is -2.49. The maximum Gasteiger partial charge on any atom is 0.119 e. The zero-order chi connectivity index (χ0) is 11.9. The molecule has 1 atom stereocenters. The van der Waals surface area contributed by atoms with E-state index >= 15 is 0 Å². The van der Waals surface area contributed by atoms with E-state index in [1.807, 2.05) is 6.07 Å². The van der Waals surface area contributed by atoms with Gasteiger partial charge in [0.1, 0.15) is 5.75 Å². The minimum Gasteiger partial charge on any atom is -0.497 e. The fourth-order valence-corrected chi connectivity index (χ4v) is 2.73. The first-order chi connectivity index (χ1) is 8.23. The Labute approximate surface area is 103 Å². The Bertz CT molecular complexity index is 410. The van der Waals surface area contributed by atoms with Crippen molar-refractivity contribution in [1.82, 2.24) is 4.90 Å². The molecule has 1 aromatic carbocycles. The first-order valence-corrected chi connectivity index (χ1v) is 6.40. The van der Waals surface area contributed by atoms with Crippen LogP contribution in [-0.2, 0) is 0 Å². The highest BCUT2D eigenvalue weighted by Gasteiger charge is 2.49. The summed E-state index contributed by atoms with van der Waals surface area (Å²) in [6.45, 7) is 2.36. The highest BCUT2D eigenvalue weighted by molar-refractivity contribution is 5.34. The number of hydrogen-bond donors (Lipinski definition) is 1. The van der Waals surface area contributed by atoms with E-state index in [1.54, 1.807) is 7.11 Å². The highest BCUT2D eigenvalue weighted by atomic mass is 16.5. The van der Waals surface area contributed by atoms with Crippen LogP contribution in [0.25, 0.3) is 0 Å². The van der Waals surface area contributed by atoms with Gasteiger partial charge in [0, 0.05) is 18.6 Å². The van der Waals surface area contributed by atoms with Crippen LogP contribution in [0.3, 0.4) is 0 Å². The van der Waals surface area contributed by atoms with Crippen LogP contribution in [0, 0.1) is 0 Å². The minimum absolute atomic E-state index is 0.00673. The van der Waals surface area contributed by atoms with Gasteiger partial charge in [-0.1, -0.05) is 12.1 Å². The second-order valence-corrected chi connectivity index (χ2v) is 5.30. The van der Waals surface area contributed by atoms with E-state index in [2.05, 4.69) is 23.1 Å². The molecule has 1 aliphatic carbocycles. The van der Waals surface area contributed by atoms with Crippen molar-refractivity contribution in [3.05, 3.63) is 29.8 Å². The van der Waals surface area contributed by atoms with Crippen LogP contribution < -0.4 is 10.5 Å². The molecule has 2 fully saturated rings. The van der Waals surface area contributed by atoms with Crippen LogP contribution in [0.5, 0.6) is 5.75 Å². The molecule has 0 bridgehead atoms. The number of rotatable bonds is 4.